The molecule has 0 saturated heterocycles. The van der Waals surface area contributed by atoms with Gasteiger partial charge in [0, 0.05) is 29.9 Å². The topological polar surface area (TPSA) is 16.1 Å². The number of aromatic nitrogens is 1. The van der Waals surface area contributed by atoms with Crippen molar-refractivity contribution in [3.05, 3.63) is 47.6 Å². The van der Waals surface area contributed by atoms with Crippen LogP contribution in [0.3, 0.4) is 0 Å². The molecule has 0 unspecified atom stereocenters. The number of nitrogens with zero attached hydrogens (tertiary/aromatic N) is 2. The van der Waals surface area contributed by atoms with Crippen LogP contribution in [0.4, 0.5) is 5.69 Å². The molecule has 3 heteroatoms. The molecule has 2 nitrogen and oxygen atoms in total. The minimum Gasteiger partial charge on any atom is -0.370 e. The summed E-state index contributed by atoms with van der Waals surface area (Å²) in [5, 5.41) is 0.755. The largest absolute Gasteiger partial charge is 0.370 e. The fourth-order valence-corrected chi connectivity index (χ4v) is 2.50. The molecule has 1 aromatic heterocycles. The van der Waals surface area contributed by atoms with E-state index in [0.717, 1.165) is 42.2 Å². The Morgan fingerprint density at radius 2 is 1.65 bits per heavy atom. The van der Waals surface area contributed by atoms with Gasteiger partial charge in [0.15, 0.2) is 0 Å². The summed E-state index contributed by atoms with van der Waals surface area (Å²) >= 11 is 5.97. The molecule has 0 radical (unpaired) electrons. The van der Waals surface area contributed by atoms with Crippen molar-refractivity contribution in [1.29, 1.82) is 0 Å². The zero-order chi connectivity index (χ0) is 14.4. The van der Waals surface area contributed by atoms with Crippen LogP contribution in [0.15, 0.2) is 42.6 Å². The van der Waals surface area contributed by atoms with E-state index in [2.05, 4.69) is 29.8 Å². The van der Waals surface area contributed by atoms with Crippen LogP contribution in [-0.2, 0) is 0 Å². The lowest BCUT2D eigenvalue weighted by molar-refractivity contribution is 0.744. The molecule has 2 aromatic rings. The molecule has 0 fully saturated rings. The molecule has 20 heavy (non-hydrogen) atoms. The maximum atomic E-state index is 5.97. The number of hydrogen-bond acceptors (Lipinski definition) is 2. The quantitative estimate of drug-likeness (QED) is 0.741. The van der Waals surface area contributed by atoms with Gasteiger partial charge in [-0.25, -0.2) is 0 Å². The molecule has 0 bridgehead atoms. The van der Waals surface area contributed by atoms with Crippen LogP contribution >= 0.6 is 11.6 Å². The van der Waals surface area contributed by atoms with E-state index >= 15 is 0 Å². The van der Waals surface area contributed by atoms with Crippen molar-refractivity contribution < 1.29 is 0 Å². The number of rotatable bonds is 6. The van der Waals surface area contributed by atoms with Crippen LogP contribution in [0.2, 0.25) is 5.02 Å². The predicted molar refractivity (Wildman–Crippen MR) is 87.5 cm³/mol. The van der Waals surface area contributed by atoms with E-state index in [9.17, 15) is 0 Å². The number of pyridine rings is 1. The summed E-state index contributed by atoms with van der Waals surface area (Å²) in [5.74, 6) is 0. The van der Waals surface area contributed by atoms with Gasteiger partial charge in [0.2, 0.25) is 0 Å². The van der Waals surface area contributed by atoms with Crippen LogP contribution in [-0.4, -0.2) is 18.1 Å². The predicted octanol–water partition coefficient (Wildman–Crippen LogP) is 5.03. The van der Waals surface area contributed by atoms with Crippen LogP contribution in [0, 0.1) is 0 Å². The molecule has 0 amide bonds. The zero-order valence-electron chi connectivity index (χ0n) is 12.1. The maximum Gasteiger partial charge on any atom is 0.0935 e. The lowest BCUT2D eigenvalue weighted by Gasteiger charge is -2.25. The maximum absolute atomic E-state index is 5.97. The highest BCUT2D eigenvalue weighted by atomic mass is 35.5. The molecule has 0 aliphatic carbocycles. The highest BCUT2D eigenvalue weighted by molar-refractivity contribution is 6.30. The molecule has 2 rings (SSSR count). The van der Waals surface area contributed by atoms with Gasteiger partial charge in [-0.3, -0.25) is 4.98 Å². The summed E-state index contributed by atoms with van der Waals surface area (Å²) in [6, 6.07) is 12.1. The Morgan fingerprint density at radius 1 is 1.00 bits per heavy atom. The second kappa shape index (κ2) is 7.30. The molecule has 0 aliphatic rings. The minimum absolute atomic E-state index is 0.755. The second-order valence-electron chi connectivity index (χ2n) is 4.87. The van der Waals surface area contributed by atoms with Gasteiger partial charge in [0.1, 0.15) is 0 Å². The summed E-state index contributed by atoms with van der Waals surface area (Å²) in [4.78, 5) is 6.99. The van der Waals surface area contributed by atoms with E-state index in [1.165, 1.54) is 5.69 Å². The Morgan fingerprint density at radius 3 is 2.25 bits per heavy atom. The Kier molecular flexibility index (Phi) is 5.42. The lowest BCUT2D eigenvalue weighted by Crippen LogP contribution is -2.25. The van der Waals surface area contributed by atoms with Crippen molar-refractivity contribution >= 4 is 17.3 Å². The van der Waals surface area contributed by atoms with E-state index < -0.39 is 0 Å². The third kappa shape index (κ3) is 3.51. The van der Waals surface area contributed by atoms with Crippen molar-refractivity contribution in [3.63, 3.8) is 0 Å². The molecule has 1 aromatic carbocycles. The summed E-state index contributed by atoms with van der Waals surface area (Å²) < 4.78 is 0. The SMILES string of the molecule is CCCN(CCC)c1cccnc1-c1ccc(Cl)cc1. The van der Waals surface area contributed by atoms with Gasteiger partial charge in [0.25, 0.3) is 0 Å². The molecular weight excluding hydrogens is 268 g/mol. The van der Waals surface area contributed by atoms with Gasteiger partial charge in [0.05, 0.1) is 11.4 Å². The first-order valence-corrected chi connectivity index (χ1v) is 7.60. The van der Waals surface area contributed by atoms with E-state index in [4.69, 9.17) is 11.6 Å². The zero-order valence-corrected chi connectivity index (χ0v) is 12.9. The van der Waals surface area contributed by atoms with Gasteiger partial charge in [-0.2, -0.15) is 0 Å². The monoisotopic (exact) mass is 288 g/mol. The molecular formula is C17H21ClN2. The van der Waals surface area contributed by atoms with Crippen LogP contribution < -0.4 is 4.90 Å². The summed E-state index contributed by atoms with van der Waals surface area (Å²) in [6.07, 6.45) is 4.12. The Hall–Kier alpha value is -1.54. The minimum atomic E-state index is 0.755. The van der Waals surface area contributed by atoms with Crippen molar-refractivity contribution in [1.82, 2.24) is 4.98 Å². The third-order valence-corrected chi connectivity index (χ3v) is 3.48. The number of halogens is 1. The normalized spacial score (nSPS) is 10.6. The van der Waals surface area contributed by atoms with Crippen LogP contribution in [0.25, 0.3) is 11.3 Å². The fraction of sp³-hybridized carbons (Fsp3) is 0.353. The van der Waals surface area contributed by atoms with Gasteiger partial charge in [-0.1, -0.05) is 37.6 Å². The first kappa shape index (κ1) is 14.9. The molecule has 1 heterocycles. The third-order valence-electron chi connectivity index (χ3n) is 3.23. The van der Waals surface area contributed by atoms with Gasteiger partial charge in [-0.05, 0) is 37.1 Å². The Labute approximate surface area is 126 Å². The smallest absolute Gasteiger partial charge is 0.0935 e. The van der Waals surface area contributed by atoms with Crippen molar-refractivity contribution in [2.45, 2.75) is 26.7 Å². The average Bonchev–Trinajstić information content (AvgIpc) is 2.48. The Balaban J connectivity index is 2.40. The van der Waals surface area contributed by atoms with E-state index in [1.807, 2.05) is 36.5 Å². The number of benzene rings is 1. The summed E-state index contributed by atoms with van der Waals surface area (Å²) in [6.45, 7) is 6.53. The van der Waals surface area contributed by atoms with E-state index in [1.54, 1.807) is 0 Å². The Bertz CT molecular complexity index is 531. The van der Waals surface area contributed by atoms with Gasteiger partial charge in [-0.15, -0.1) is 0 Å². The first-order chi connectivity index (χ1) is 9.76. The molecule has 0 aliphatic heterocycles. The highest BCUT2D eigenvalue weighted by Gasteiger charge is 2.12. The molecule has 0 saturated carbocycles. The number of anilines is 1. The van der Waals surface area contributed by atoms with Crippen molar-refractivity contribution in [3.8, 4) is 11.3 Å². The first-order valence-electron chi connectivity index (χ1n) is 7.22. The average molecular weight is 289 g/mol. The van der Waals surface area contributed by atoms with Gasteiger partial charge >= 0.3 is 0 Å². The molecule has 106 valence electrons. The van der Waals surface area contributed by atoms with Crippen LogP contribution in [0.1, 0.15) is 26.7 Å². The van der Waals surface area contributed by atoms with Crippen LogP contribution in [0.5, 0.6) is 0 Å². The molecule has 0 N–H and O–H groups in total. The van der Waals surface area contributed by atoms with E-state index in [0.29, 0.717) is 0 Å². The summed E-state index contributed by atoms with van der Waals surface area (Å²) in [5.41, 5.74) is 3.35. The van der Waals surface area contributed by atoms with Crippen molar-refractivity contribution in [2.24, 2.45) is 0 Å². The number of hydrogen-bond donors (Lipinski definition) is 0. The molecule has 0 atom stereocenters. The standard InChI is InChI=1S/C17H21ClN2/c1-3-12-20(13-4-2)16-6-5-11-19-17(16)14-7-9-15(18)10-8-14/h5-11H,3-4,12-13H2,1-2H3. The van der Waals surface area contributed by atoms with Crippen molar-refractivity contribution in [2.75, 3.05) is 18.0 Å². The highest BCUT2D eigenvalue weighted by Crippen LogP contribution is 2.29. The van der Waals surface area contributed by atoms with Gasteiger partial charge < -0.3 is 4.90 Å². The lowest BCUT2D eigenvalue weighted by atomic mass is 10.1. The summed E-state index contributed by atoms with van der Waals surface area (Å²) in [7, 11) is 0. The molecule has 0 spiro atoms. The fourth-order valence-electron chi connectivity index (χ4n) is 2.37. The van der Waals surface area contributed by atoms with E-state index in [-0.39, 0.29) is 0 Å². The second-order valence-corrected chi connectivity index (χ2v) is 5.30.